The van der Waals surface area contributed by atoms with Crippen LogP contribution in [0.25, 0.3) is 0 Å². The van der Waals surface area contributed by atoms with Crippen molar-refractivity contribution in [1.29, 1.82) is 0 Å². The molecule has 0 aliphatic heterocycles. The monoisotopic (exact) mass is 469 g/mol. The Balaban J connectivity index is 1.69. The molecule has 0 unspecified atom stereocenters. The summed E-state index contributed by atoms with van der Waals surface area (Å²) in [6.07, 6.45) is 6.69. The fraction of sp³-hybridized carbons (Fsp3) is 0.250. The van der Waals surface area contributed by atoms with Crippen LogP contribution in [0.3, 0.4) is 0 Å². The predicted octanol–water partition coefficient (Wildman–Crippen LogP) is 5.52. The van der Waals surface area contributed by atoms with E-state index in [1.165, 1.54) is 24.3 Å². The van der Waals surface area contributed by atoms with Gasteiger partial charge in [0.25, 0.3) is 15.9 Å². The molecular formula is C24H24ClN3O3S. The van der Waals surface area contributed by atoms with Crippen molar-refractivity contribution >= 4 is 39.0 Å². The minimum atomic E-state index is -3.90. The largest absolute Gasteiger partial charge is 0.290 e. The van der Waals surface area contributed by atoms with Gasteiger partial charge in [-0.1, -0.05) is 49.1 Å². The van der Waals surface area contributed by atoms with E-state index in [4.69, 9.17) is 11.6 Å². The van der Waals surface area contributed by atoms with Gasteiger partial charge < -0.3 is 0 Å². The van der Waals surface area contributed by atoms with Gasteiger partial charge in [0.15, 0.2) is 0 Å². The topological polar surface area (TPSA) is 79.4 Å². The van der Waals surface area contributed by atoms with Gasteiger partial charge >= 0.3 is 0 Å². The number of para-hydroxylation sites is 1. The predicted molar refractivity (Wildman–Crippen MR) is 127 cm³/mol. The highest BCUT2D eigenvalue weighted by Gasteiger charge is 2.30. The molecule has 3 aromatic rings. The number of rotatable bonds is 6. The first-order chi connectivity index (χ1) is 15.5. The molecular weight excluding hydrogens is 446 g/mol. The van der Waals surface area contributed by atoms with Crippen molar-refractivity contribution in [3.8, 4) is 0 Å². The molecule has 0 saturated heterocycles. The summed E-state index contributed by atoms with van der Waals surface area (Å²) in [6.45, 7) is 0. The van der Waals surface area contributed by atoms with Crippen LogP contribution < -0.4 is 9.62 Å². The van der Waals surface area contributed by atoms with Crippen molar-refractivity contribution in [2.24, 2.45) is 0 Å². The molecule has 6 nitrogen and oxygen atoms in total. The summed E-state index contributed by atoms with van der Waals surface area (Å²) < 4.78 is 28.4. The summed E-state index contributed by atoms with van der Waals surface area (Å²) in [5.74, 6) is 0.296. The molecule has 0 radical (unpaired) electrons. The highest BCUT2D eigenvalue weighted by atomic mass is 35.5. The molecule has 1 N–H and O–H groups in total. The number of pyridine rings is 1. The number of hydrogen-bond acceptors (Lipinski definition) is 4. The highest BCUT2D eigenvalue weighted by Crippen LogP contribution is 2.30. The molecule has 32 heavy (non-hydrogen) atoms. The summed E-state index contributed by atoms with van der Waals surface area (Å²) in [4.78, 5) is 20.0. The van der Waals surface area contributed by atoms with Crippen LogP contribution in [-0.4, -0.2) is 25.4 Å². The van der Waals surface area contributed by atoms with Gasteiger partial charge in [-0.15, -0.1) is 0 Å². The second kappa shape index (κ2) is 9.71. The molecule has 1 heterocycles. The molecule has 8 heteroatoms. The van der Waals surface area contributed by atoms with Crippen LogP contribution in [0.5, 0.6) is 0 Å². The Morgan fingerprint density at radius 2 is 1.62 bits per heavy atom. The smallest absolute Gasteiger partial charge is 0.261 e. The Kier molecular flexibility index (Phi) is 6.77. The first-order valence-electron chi connectivity index (χ1n) is 10.6. The van der Waals surface area contributed by atoms with Crippen molar-refractivity contribution in [3.05, 3.63) is 83.5 Å². The molecule has 0 atom stereocenters. The minimum absolute atomic E-state index is 0.0204. The fourth-order valence-corrected chi connectivity index (χ4v) is 5.20. The number of amides is 1. The average Bonchev–Trinajstić information content (AvgIpc) is 2.81. The van der Waals surface area contributed by atoms with E-state index in [1.807, 2.05) is 12.1 Å². The zero-order valence-electron chi connectivity index (χ0n) is 17.4. The molecule has 1 aliphatic carbocycles. The number of hydrogen-bond donors (Lipinski definition) is 1. The lowest BCUT2D eigenvalue weighted by Gasteiger charge is -2.34. The Bertz CT molecular complexity index is 1180. The van der Waals surface area contributed by atoms with Gasteiger partial charge in [-0.3, -0.25) is 14.4 Å². The summed E-state index contributed by atoms with van der Waals surface area (Å²) in [5.41, 5.74) is 0.505. The van der Waals surface area contributed by atoms with E-state index in [0.717, 1.165) is 32.1 Å². The molecule has 2 aromatic carbocycles. The molecule has 4 rings (SSSR count). The molecule has 0 bridgehead atoms. The van der Waals surface area contributed by atoms with Crippen molar-refractivity contribution in [2.45, 2.75) is 43.0 Å². The number of nitrogens with zero attached hydrogens (tertiary/aromatic N) is 2. The van der Waals surface area contributed by atoms with Crippen LogP contribution in [0.1, 0.15) is 42.5 Å². The van der Waals surface area contributed by atoms with E-state index < -0.39 is 10.0 Å². The third-order valence-corrected chi connectivity index (χ3v) is 7.21. The lowest BCUT2D eigenvalue weighted by Crippen LogP contribution is -2.42. The maximum Gasteiger partial charge on any atom is 0.261 e. The first-order valence-corrected chi connectivity index (χ1v) is 12.4. The lowest BCUT2D eigenvalue weighted by atomic mass is 9.93. The molecule has 1 amide bonds. The van der Waals surface area contributed by atoms with Crippen LogP contribution in [-0.2, 0) is 10.0 Å². The Morgan fingerprint density at radius 3 is 2.31 bits per heavy atom. The summed E-state index contributed by atoms with van der Waals surface area (Å²) in [6, 6.07) is 18.0. The summed E-state index contributed by atoms with van der Waals surface area (Å²) in [5, 5.41) is 0.443. The number of carbonyl (C=O) groups excluding carboxylic acids is 1. The molecule has 1 saturated carbocycles. The molecule has 1 aliphatic rings. The van der Waals surface area contributed by atoms with Crippen LogP contribution in [0.2, 0.25) is 5.02 Å². The van der Waals surface area contributed by atoms with Crippen molar-refractivity contribution in [1.82, 2.24) is 4.98 Å². The number of halogens is 1. The maximum atomic E-state index is 13.8. The third-order valence-electron chi connectivity index (χ3n) is 5.58. The van der Waals surface area contributed by atoms with Gasteiger partial charge in [0.2, 0.25) is 0 Å². The van der Waals surface area contributed by atoms with Gasteiger partial charge in [0.1, 0.15) is 5.82 Å². The van der Waals surface area contributed by atoms with Crippen molar-refractivity contribution in [2.75, 3.05) is 9.62 Å². The van der Waals surface area contributed by atoms with Crippen molar-refractivity contribution < 1.29 is 13.2 Å². The first kappa shape index (κ1) is 22.3. The number of aromatic nitrogens is 1. The number of benzene rings is 2. The van der Waals surface area contributed by atoms with E-state index in [9.17, 15) is 13.2 Å². The second-order valence-electron chi connectivity index (χ2n) is 7.76. The molecule has 0 spiro atoms. The van der Waals surface area contributed by atoms with E-state index in [-0.39, 0.29) is 28.1 Å². The van der Waals surface area contributed by atoms with Crippen LogP contribution in [0.4, 0.5) is 11.5 Å². The van der Waals surface area contributed by atoms with Gasteiger partial charge in [0.05, 0.1) is 16.1 Å². The van der Waals surface area contributed by atoms with Gasteiger partial charge in [-0.25, -0.2) is 13.4 Å². The Morgan fingerprint density at radius 1 is 0.938 bits per heavy atom. The Labute approximate surface area is 193 Å². The molecule has 1 aromatic heterocycles. The van der Waals surface area contributed by atoms with Crippen LogP contribution in [0, 0.1) is 0 Å². The van der Waals surface area contributed by atoms with Crippen LogP contribution in [0.15, 0.2) is 77.8 Å². The average molecular weight is 470 g/mol. The number of anilines is 2. The van der Waals surface area contributed by atoms with Gasteiger partial charge in [-0.2, -0.15) is 0 Å². The standard InChI is InChI=1S/C24H24ClN3O3S/c25-18-13-15-20(16-14-18)32(30,31)27-22-11-5-4-10-21(22)24(29)28(19-8-2-1-3-9-19)23-12-6-7-17-26-23/h4-7,10-17,19,27H,1-3,8-9H2. The van der Waals surface area contributed by atoms with E-state index >= 15 is 0 Å². The maximum absolute atomic E-state index is 13.8. The van der Waals surface area contributed by atoms with Crippen molar-refractivity contribution in [3.63, 3.8) is 0 Å². The minimum Gasteiger partial charge on any atom is -0.290 e. The number of sulfonamides is 1. The summed E-state index contributed by atoms with van der Waals surface area (Å²) in [7, 11) is -3.90. The zero-order valence-corrected chi connectivity index (χ0v) is 19.0. The fourth-order valence-electron chi connectivity index (χ4n) is 4.00. The van der Waals surface area contributed by atoms with E-state index in [2.05, 4.69) is 9.71 Å². The molecule has 1 fully saturated rings. The summed E-state index contributed by atoms with van der Waals surface area (Å²) >= 11 is 5.88. The number of nitrogens with one attached hydrogen (secondary N) is 1. The highest BCUT2D eigenvalue weighted by molar-refractivity contribution is 7.92. The number of carbonyl (C=O) groups is 1. The SMILES string of the molecule is O=C(c1ccccc1NS(=O)(=O)c1ccc(Cl)cc1)N(c1ccccn1)C1CCCCC1. The van der Waals surface area contributed by atoms with Gasteiger partial charge in [0, 0.05) is 17.3 Å². The van der Waals surface area contributed by atoms with E-state index in [1.54, 1.807) is 41.4 Å². The second-order valence-corrected chi connectivity index (χ2v) is 9.88. The van der Waals surface area contributed by atoms with Gasteiger partial charge in [-0.05, 0) is 61.4 Å². The lowest BCUT2D eigenvalue weighted by molar-refractivity contribution is 0.0970. The molecule has 166 valence electrons. The van der Waals surface area contributed by atoms with Crippen LogP contribution >= 0.6 is 11.6 Å². The Hall–Kier alpha value is -2.90. The third kappa shape index (κ3) is 4.95. The quantitative estimate of drug-likeness (QED) is 0.515. The zero-order chi connectivity index (χ0) is 22.6. The normalized spacial score (nSPS) is 14.7. The van der Waals surface area contributed by atoms with E-state index in [0.29, 0.717) is 10.8 Å².